The number of nitrogens with zero attached hydrogens (tertiary/aromatic N) is 1. The normalized spacial score (nSPS) is 11.8. The lowest BCUT2D eigenvalue weighted by molar-refractivity contribution is -0.143. The maximum absolute atomic E-state index is 11.8. The SMILES string of the molecule is Cn1c(=O)oc2cc(S(=O)(=O)NOCC(=O)O)ccc21. The van der Waals surface area contributed by atoms with Crippen LogP contribution >= 0.6 is 0 Å². The van der Waals surface area contributed by atoms with Gasteiger partial charge >= 0.3 is 11.7 Å². The molecule has 0 amide bonds. The predicted molar refractivity (Wildman–Crippen MR) is 65.4 cm³/mol. The van der Waals surface area contributed by atoms with Crippen molar-refractivity contribution < 1.29 is 27.6 Å². The second-order valence-corrected chi connectivity index (χ2v) is 5.47. The second-order valence-electron chi connectivity index (χ2n) is 3.83. The van der Waals surface area contributed by atoms with Crippen LogP contribution in [0.1, 0.15) is 0 Å². The topological polar surface area (TPSA) is 128 Å². The van der Waals surface area contributed by atoms with E-state index >= 15 is 0 Å². The van der Waals surface area contributed by atoms with Crippen LogP contribution < -0.4 is 10.6 Å². The number of sulfonamides is 1. The summed E-state index contributed by atoms with van der Waals surface area (Å²) in [5.41, 5.74) is 0.527. The van der Waals surface area contributed by atoms with Gasteiger partial charge in [-0.3, -0.25) is 9.40 Å². The van der Waals surface area contributed by atoms with Crippen molar-refractivity contribution >= 4 is 27.1 Å². The Labute approximate surface area is 112 Å². The molecule has 0 unspecified atom stereocenters. The number of aromatic nitrogens is 1. The maximum Gasteiger partial charge on any atom is 0.419 e. The Hall–Kier alpha value is -2.17. The number of carboxylic acids is 1. The molecule has 10 heteroatoms. The summed E-state index contributed by atoms with van der Waals surface area (Å²) < 4.78 is 29.7. The van der Waals surface area contributed by atoms with Crippen molar-refractivity contribution in [3.63, 3.8) is 0 Å². The summed E-state index contributed by atoms with van der Waals surface area (Å²) in [6, 6.07) is 3.78. The van der Waals surface area contributed by atoms with Gasteiger partial charge in [-0.25, -0.2) is 18.0 Å². The lowest BCUT2D eigenvalue weighted by Crippen LogP contribution is -2.26. The van der Waals surface area contributed by atoms with E-state index in [1.165, 1.54) is 23.7 Å². The van der Waals surface area contributed by atoms with Crippen LogP contribution in [0.4, 0.5) is 0 Å². The standard InChI is InChI=1S/C10H10N2O7S/c1-12-7-3-2-6(4-8(7)19-10(12)15)20(16,17)11-18-5-9(13)14/h2-4,11H,5H2,1H3,(H,13,14). The minimum absolute atomic E-state index is 0.0959. The van der Waals surface area contributed by atoms with Crippen molar-refractivity contribution in [2.24, 2.45) is 7.05 Å². The van der Waals surface area contributed by atoms with Crippen molar-refractivity contribution in [3.8, 4) is 0 Å². The molecule has 0 atom stereocenters. The first-order chi connectivity index (χ1) is 9.31. The molecule has 20 heavy (non-hydrogen) atoms. The van der Waals surface area contributed by atoms with Crippen LogP contribution in [0, 0.1) is 0 Å². The first-order valence-corrected chi connectivity index (χ1v) is 6.74. The van der Waals surface area contributed by atoms with Crippen LogP contribution in [-0.4, -0.2) is 30.7 Å². The van der Waals surface area contributed by atoms with Crippen molar-refractivity contribution in [1.29, 1.82) is 0 Å². The van der Waals surface area contributed by atoms with E-state index < -0.39 is 28.4 Å². The number of aryl methyl sites for hydroxylation is 1. The van der Waals surface area contributed by atoms with E-state index in [0.717, 1.165) is 6.07 Å². The van der Waals surface area contributed by atoms with Gasteiger partial charge in [-0.15, -0.1) is 0 Å². The first-order valence-electron chi connectivity index (χ1n) is 5.26. The molecule has 0 bridgehead atoms. The Bertz CT molecular complexity index is 818. The second kappa shape index (κ2) is 5.07. The number of carbonyl (C=O) groups is 1. The minimum Gasteiger partial charge on any atom is -0.479 e. The summed E-state index contributed by atoms with van der Waals surface area (Å²) in [6.45, 7) is -0.818. The summed E-state index contributed by atoms with van der Waals surface area (Å²) in [5.74, 6) is -1.94. The molecule has 2 rings (SSSR count). The number of rotatable bonds is 5. The number of hydrogen-bond acceptors (Lipinski definition) is 6. The van der Waals surface area contributed by atoms with Gasteiger partial charge in [0, 0.05) is 13.1 Å². The van der Waals surface area contributed by atoms with Gasteiger partial charge in [-0.1, -0.05) is 4.89 Å². The fourth-order valence-electron chi connectivity index (χ4n) is 1.50. The van der Waals surface area contributed by atoms with Crippen LogP contribution in [0.15, 0.2) is 32.3 Å². The maximum atomic E-state index is 11.8. The third-order valence-corrected chi connectivity index (χ3v) is 3.65. The Balaban J connectivity index is 2.32. The molecule has 108 valence electrons. The Kier molecular flexibility index (Phi) is 3.61. The summed E-state index contributed by atoms with van der Waals surface area (Å²) in [4.78, 5) is 27.3. The molecule has 2 aromatic rings. The monoisotopic (exact) mass is 302 g/mol. The van der Waals surface area contributed by atoms with Crippen molar-refractivity contribution in [3.05, 3.63) is 28.7 Å². The van der Waals surface area contributed by atoms with Crippen LogP contribution in [0.25, 0.3) is 11.1 Å². The van der Waals surface area contributed by atoms with Crippen LogP contribution in [0.5, 0.6) is 0 Å². The summed E-state index contributed by atoms with van der Waals surface area (Å²) in [5, 5.41) is 8.34. The highest BCUT2D eigenvalue weighted by Crippen LogP contribution is 2.17. The molecule has 0 saturated carbocycles. The summed E-state index contributed by atoms with van der Waals surface area (Å²) in [7, 11) is -2.58. The van der Waals surface area contributed by atoms with Crippen molar-refractivity contribution in [1.82, 2.24) is 9.45 Å². The van der Waals surface area contributed by atoms with Gasteiger partial charge < -0.3 is 9.52 Å². The molecule has 0 saturated heterocycles. The highest BCUT2D eigenvalue weighted by molar-refractivity contribution is 7.89. The Morgan fingerprint density at radius 2 is 2.20 bits per heavy atom. The zero-order valence-corrected chi connectivity index (χ0v) is 11.0. The molecule has 1 aromatic carbocycles. The fourth-order valence-corrected chi connectivity index (χ4v) is 2.32. The fraction of sp³-hybridized carbons (Fsp3) is 0.200. The molecular formula is C10H10N2O7S. The van der Waals surface area contributed by atoms with Crippen molar-refractivity contribution in [2.75, 3.05) is 6.61 Å². The predicted octanol–water partition coefficient (Wildman–Crippen LogP) is -0.574. The smallest absolute Gasteiger partial charge is 0.419 e. The van der Waals surface area contributed by atoms with E-state index in [0.29, 0.717) is 5.52 Å². The molecular weight excluding hydrogens is 292 g/mol. The third kappa shape index (κ3) is 2.71. The molecule has 0 spiro atoms. The number of carboxylic acid groups (broad SMARTS) is 1. The molecule has 0 radical (unpaired) electrons. The van der Waals surface area contributed by atoms with E-state index in [4.69, 9.17) is 9.52 Å². The summed E-state index contributed by atoms with van der Waals surface area (Å²) >= 11 is 0. The van der Waals surface area contributed by atoms with E-state index in [-0.39, 0.29) is 10.5 Å². The average Bonchev–Trinajstić information content (AvgIpc) is 2.64. The number of fused-ring (bicyclic) bond motifs is 1. The van der Waals surface area contributed by atoms with Crippen molar-refractivity contribution in [2.45, 2.75) is 4.90 Å². The molecule has 1 heterocycles. The Morgan fingerprint density at radius 3 is 2.85 bits per heavy atom. The average molecular weight is 302 g/mol. The van der Waals surface area contributed by atoms with E-state index in [9.17, 15) is 18.0 Å². The number of nitrogens with one attached hydrogen (secondary N) is 1. The van der Waals surface area contributed by atoms with Gasteiger partial charge in [0.25, 0.3) is 10.0 Å². The number of benzene rings is 1. The van der Waals surface area contributed by atoms with Gasteiger partial charge in [0.15, 0.2) is 12.2 Å². The lowest BCUT2D eigenvalue weighted by Gasteiger charge is -2.05. The number of hydrogen-bond donors (Lipinski definition) is 2. The number of aliphatic carboxylic acids is 1. The van der Waals surface area contributed by atoms with Crippen LogP contribution in [-0.2, 0) is 26.7 Å². The number of oxazole rings is 1. The molecule has 0 aliphatic heterocycles. The van der Waals surface area contributed by atoms with Gasteiger partial charge in [0.2, 0.25) is 0 Å². The van der Waals surface area contributed by atoms with E-state index in [1.54, 1.807) is 4.89 Å². The molecule has 0 aliphatic rings. The minimum atomic E-state index is -4.06. The largest absolute Gasteiger partial charge is 0.479 e. The molecule has 9 nitrogen and oxygen atoms in total. The highest BCUT2D eigenvalue weighted by atomic mass is 32.2. The van der Waals surface area contributed by atoms with Gasteiger partial charge in [-0.05, 0) is 12.1 Å². The first kappa shape index (κ1) is 14.2. The van der Waals surface area contributed by atoms with Gasteiger partial charge in [0.1, 0.15) is 0 Å². The molecule has 1 aromatic heterocycles. The zero-order chi connectivity index (χ0) is 14.9. The van der Waals surface area contributed by atoms with E-state index in [2.05, 4.69) is 4.84 Å². The van der Waals surface area contributed by atoms with Gasteiger partial charge in [-0.2, -0.15) is 0 Å². The van der Waals surface area contributed by atoms with Crippen LogP contribution in [0.3, 0.4) is 0 Å². The van der Waals surface area contributed by atoms with Gasteiger partial charge in [0.05, 0.1) is 10.4 Å². The highest BCUT2D eigenvalue weighted by Gasteiger charge is 2.17. The third-order valence-electron chi connectivity index (χ3n) is 2.44. The van der Waals surface area contributed by atoms with E-state index in [1.807, 2.05) is 0 Å². The molecule has 2 N–H and O–H groups in total. The summed E-state index contributed by atoms with van der Waals surface area (Å²) in [6.07, 6.45) is 0. The van der Waals surface area contributed by atoms with Crippen LogP contribution in [0.2, 0.25) is 0 Å². The molecule has 0 aliphatic carbocycles. The zero-order valence-electron chi connectivity index (χ0n) is 10.2. The molecule has 0 fully saturated rings. The quantitative estimate of drug-likeness (QED) is 0.707. The lowest BCUT2D eigenvalue weighted by atomic mass is 10.3. The Morgan fingerprint density at radius 1 is 1.50 bits per heavy atom.